The van der Waals surface area contributed by atoms with Gasteiger partial charge in [-0.2, -0.15) is 0 Å². The highest BCUT2D eigenvalue weighted by molar-refractivity contribution is 5.94. The van der Waals surface area contributed by atoms with E-state index in [0.29, 0.717) is 12.0 Å². The molecule has 1 unspecified atom stereocenters. The van der Waals surface area contributed by atoms with Crippen molar-refractivity contribution in [3.63, 3.8) is 0 Å². The van der Waals surface area contributed by atoms with E-state index in [2.05, 4.69) is 22.3 Å². The summed E-state index contributed by atoms with van der Waals surface area (Å²) in [6.45, 7) is 2.23. The number of unbranched alkanes of at least 4 members (excludes halogenated alkanes) is 2. The Kier molecular flexibility index (Phi) is 8.00. The summed E-state index contributed by atoms with van der Waals surface area (Å²) in [6, 6.07) is 15.1. The summed E-state index contributed by atoms with van der Waals surface area (Å²) in [7, 11) is 1.40. The van der Waals surface area contributed by atoms with Crippen LogP contribution in [0.2, 0.25) is 0 Å². The highest BCUT2D eigenvalue weighted by Crippen LogP contribution is 2.30. The molecule has 33 heavy (non-hydrogen) atoms. The van der Waals surface area contributed by atoms with Crippen LogP contribution in [0.3, 0.4) is 0 Å². The van der Waals surface area contributed by atoms with Crippen LogP contribution in [0.1, 0.15) is 44.9 Å². The smallest absolute Gasteiger partial charge is 0.305 e. The molecule has 2 aliphatic rings. The van der Waals surface area contributed by atoms with Gasteiger partial charge in [0.2, 0.25) is 0 Å². The number of nitrogens with one attached hydrogen (secondary N) is 1. The Labute approximate surface area is 195 Å². The Morgan fingerprint density at radius 3 is 2.70 bits per heavy atom. The maximum absolute atomic E-state index is 13.1. The number of hydrogen-bond acceptors (Lipinski definition) is 5. The van der Waals surface area contributed by atoms with Crippen LogP contribution in [0.4, 0.5) is 0 Å². The van der Waals surface area contributed by atoms with Crippen LogP contribution in [0.25, 0.3) is 10.8 Å². The van der Waals surface area contributed by atoms with Gasteiger partial charge in [0.25, 0.3) is 5.91 Å². The van der Waals surface area contributed by atoms with E-state index in [-0.39, 0.29) is 24.5 Å². The number of benzene rings is 2. The molecule has 1 aliphatic carbocycles. The summed E-state index contributed by atoms with van der Waals surface area (Å²) >= 11 is 0. The Hall–Kier alpha value is -2.86. The van der Waals surface area contributed by atoms with Crippen molar-refractivity contribution in [1.82, 2.24) is 10.2 Å². The molecule has 1 saturated heterocycles. The third-order valence-corrected chi connectivity index (χ3v) is 6.48. The molecule has 1 amide bonds. The van der Waals surface area contributed by atoms with Crippen LogP contribution < -0.4 is 10.1 Å². The van der Waals surface area contributed by atoms with Gasteiger partial charge in [-0.15, -0.1) is 0 Å². The summed E-state index contributed by atoms with van der Waals surface area (Å²) in [5.74, 6) is 0.503. The number of carbonyl (C=O) groups is 2. The lowest BCUT2D eigenvalue weighted by molar-refractivity contribution is -0.140. The second-order valence-electron chi connectivity index (χ2n) is 9.03. The van der Waals surface area contributed by atoms with Crippen LogP contribution in [0.5, 0.6) is 5.75 Å². The van der Waals surface area contributed by atoms with Crippen molar-refractivity contribution >= 4 is 22.6 Å². The van der Waals surface area contributed by atoms with Crippen molar-refractivity contribution in [2.45, 2.75) is 57.0 Å². The van der Waals surface area contributed by atoms with E-state index in [1.807, 2.05) is 36.4 Å². The molecule has 6 nitrogen and oxygen atoms in total. The molecule has 2 fully saturated rings. The van der Waals surface area contributed by atoms with Gasteiger partial charge < -0.3 is 14.8 Å². The first-order chi connectivity index (χ1) is 16.1. The van der Waals surface area contributed by atoms with Gasteiger partial charge in [0.1, 0.15) is 12.4 Å². The monoisotopic (exact) mass is 450 g/mol. The SMILES string of the molecule is COC(=O)CCCC/C=C(\COc1ccc2ccccc2c1)C(=O)NC1CCN(C2CC2)C1. The first-order valence-corrected chi connectivity index (χ1v) is 12.0. The van der Waals surface area contributed by atoms with E-state index in [9.17, 15) is 9.59 Å². The minimum absolute atomic E-state index is 0.0496. The molecular formula is C27H34N2O4. The van der Waals surface area contributed by atoms with E-state index in [1.54, 1.807) is 0 Å². The summed E-state index contributed by atoms with van der Waals surface area (Å²) in [6.07, 6.45) is 8.22. The second-order valence-corrected chi connectivity index (χ2v) is 9.03. The van der Waals surface area contributed by atoms with E-state index < -0.39 is 0 Å². The molecule has 6 heteroatoms. The van der Waals surface area contributed by atoms with Crippen molar-refractivity contribution in [3.05, 3.63) is 54.1 Å². The van der Waals surface area contributed by atoms with Crippen LogP contribution in [-0.4, -0.2) is 55.7 Å². The Bertz CT molecular complexity index is 999. The number of esters is 1. The molecule has 1 atom stereocenters. The Balaban J connectivity index is 1.35. The highest BCUT2D eigenvalue weighted by Gasteiger charge is 2.35. The van der Waals surface area contributed by atoms with E-state index >= 15 is 0 Å². The molecular weight excluding hydrogens is 416 g/mol. The molecule has 1 N–H and O–H groups in total. The van der Waals surface area contributed by atoms with Crippen molar-refractivity contribution in [2.24, 2.45) is 0 Å². The van der Waals surface area contributed by atoms with Crippen LogP contribution >= 0.6 is 0 Å². The number of carbonyl (C=O) groups excluding carboxylic acids is 2. The molecule has 0 aromatic heterocycles. The number of fused-ring (bicyclic) bond motifs is 1. The summed E-state index contributed by atoms with van der Waals surface area (Å²) in [5, 5.41) is 5.49. The lowest BCUT2D eigenvalue weighted by Crippen LogP contribution is -2.39. The van der Waals surface area contributed by atoms with Crippen molar-refractivity contribution < 1.29 is 19.1 Å². The molecule has 0 radical (unpaired) electrons. The fourth-order valence-electron chi connectivity index (χ4n) is 4.38. The summed E-state index contributed by atoms with van der Waals surface area (Å²) in [5.41, 5.74) is 0.645. The average molecular weight is 451 g/mol. The Morgan fingerprint density at radius 1 is 1.09 bits per heavy atom. The van der Waals surface area contributed by atoms with Crippen LogP contribution in [-0.2, 0) is 14.3 Å². The number of methoxy groups -OCH3 is 1. The topological polar surface area (TPSA) is 67.9 Å². The number of ether oxygens (including phenoxy) is 2. The third kappa shape index (κ3) is 6.81. The largest absolute Gasteiger partial charge is 0.489 e. The molecule has 0 spiro atoms. The number of rotatable bonds is 11. The third-order valence-electron chi connectivity index (χ3n) is 6.48. The van der Waals surface area contributed by atoms with Crippen molar-refractivity contribution in [3.8, 4) is 5.75 Å². The van der Waals surface area contributed by atoms with Crippen LogP contribution in [0, 0.1) is 0 Å². The van der Waals surface area contributed by atoms with E-state index in [0.717, 1.165) is 61.3 Å². The lowest BCUT2D eigenvalue weighted by Gasteiger charge is -2.17. The number of hydrogen-bond donors (Lipinski definition) is 1. The van der Waals surface area contributed by atoms with Crippen molar-refractivity contribution in [1.29, 1.82) is 0 Å². The number of allylic oxidation sites excluding steroid dienone is 1. The van der Waals surface area contributed by atoms with Gasteiger partial charge in [0.15, 0.2) is 0 Å². The average Bonchev–Trinajstić information content (AvgIpc) is 3.59. The maximum atomic E-state index is 13.1. The molecule has 1 saturated carbocycles. The molecule has 1 aliphatic heterocycles. The number of amides is 1. The van der Waals surface area contributed by atoms with E-state index in [4.69, 9.17) is 9.47 Å². The van der Waals surface area contributed by atoms with Gasteiger partial charge in [0.05, 0.1) is 12.7 Å². The minimum atomic E-state index is -0.196. The zero-order chi connectivity index (χ0) is 23.0. The second kappa shape index (κ2) is 11.3. The fraction of sp³-hybridized carbons (Fsp3) is 0.481. The highest BCUT2D eigenvalue weighted by atomic mass is 16.5. The van der Waals surface area contributed by atoms with Gasteiger partial charge >= 0.3 is 5.97 Å². The van der Waals surface area contributed by atoms with Gasteiger partial charge in [-0.25, -0.2) is 0 Å². The lowest BCUT2D eigenvalue weighted by atomic mass is 10.1. The quantitative estimate of drug-likeness (QED) is 0.315. The Morgan fingerprint density at radius 2 is 1.91 bits per heavy atom. The summed E-state index contributed by atoms with van der Waals surface area (Å²) in [4.78, 5) is 26.9. The zero-order valence-corrected chi connectivity index (χ0v) is 19.4. The zero-order valence-electron chi connectivity index (χ0n) is 19.4. The van der Waals surface area contributed by atoms with Crippen molar-refractivity contribution in [2.75, 3.05) is 26.8 Å². The van der Waals surface area contributed by atoms with Gasteiger partial charge in [0, 0.05) is 31.6 Å². The predicted octanol–water partition coefficient (Wildman–Crippen LogP) is 4.23. The number of nitrogens with zero attached hydrogens (tertiary/aromatic N) is 1. The first kappa shape index (κ1) is 23.3. The molecule has 1 heterocycles. The molecule has 2 aromatic carbocycles. The molecule has 2 aromatic rings. The van der Waals surface area contributed by atoms with Crippen LogP contribution in [0.15, 0.2) is 54.1 Å². The standard InChI is InChI=1S/C27H34N2O4/c1-32-26(30)10-4-2-3-9-22(27(31)28-23-15-16-29(18-23)24-12-13-24)19-33-25-14-11-20-7-5-6-8-21(20)17-25/h5-9,11,14,17,23-24H,2-4,10,12-13,15-16,18-19H2,1H3,(H,28,31)/b22-9+. The minimum Gasteiger partial charge on any atom is -0.489 e. The van der Waals surface area contributed by atoms with Gasteiger partial charge in [-0.1, -0.05) is 36.4 Å². The maximum Gasteiger partial charge on any atom is 0.305 e. The van der Waals surface area contributed by atoms with Gasteiger partial charge in [-0.05, 0) is 61.4 Å². The molecule has 4 rings (SSSR count). The van der Waals surface area contributed by atoms with Gasteiger partial charge in [-0.3, -0.25) is 14.5 Å². The fourth-order valence-corrected chi connectivity index (χ4v) is 4.38. The first-order valence-electron chi connectivity index (χ1n) is 12.0. The molecule has 0 bridgehead atoms. The van der Waals surface area contributed by atoms with E-state index in [1.165, 1.54) is 20.0 Å². The predicted molar refractivity (Wildman–Crippen MR) is 129 cm³/mol. The normalized spacial score (nSPS) is 18.9. The molecule has 176 valence electrons. The summed E-state index contributed by atoms with van der Waals surface area (Å²) < 4.78 is 10.7. The number of likely N-dealkylation sites (tertiary alicyclic amines) is 1.